The summed E-state index contributed by atoms with van der Waals surface area (Å²) < 4.78 is 42.2. The predicted octanol–water partition coefficient (Wildman–Crippen LogP) is 2.61. The summed E-state index contributed by atoms with van der Waals surface area (Å²) in [6.07, 6.45) is -3.75. The quantitative estimate of drug-likeness (QED) is 0.835. The summed E-state index contributed by atoms with van der Waals surface area (Å²) >= 11 is 0. The summed E-state index contributed by atoms with van der Waals surface area (Å²) in [5.74, 6) is 0.660. The van der Waals surface area contributed by atoms with E-state index in [1.54, 1.807) is 6.07 Å². The Morgan fingerprint density at radius 2 is 2.00 bits per heavy atom. The molecule has 0 bridgehead atoms. The van der Waals surface area contributed by atoms with Gasteiger partial charge in [-0.25, -0.2) is 0 Å². The monoisotopic (exact) mass is 253 g/mol. The summed E-state index contributed by atoms with van der Waals surface area (Å²) in [5, 5.41) is 0. The second-order valence-corrected chi connectivity index (χ2v) is 3.48. The molecule has 90 valence electrons. The van der Waals surface area contributed by atoms with E-state index in [0.29, 0.717) is 18.8 Å². The minimum absolute atomic E-state index is 0. The first-order valence-corrected chi connectivity index (χ1v) is 4.56. The number of ether oxygens (including phenoxy) is 1. The zero-order valence-electron chi connectivity index (χ0n) is 8.25. The molecule has 0 saturated heterocycles. The maximum atomic E-state index is 12.3. The number of hydrogen-bond acceptors (Lipinski definition) is 2. The molecule has 1 atom stereocenters. The summed E-state index contributed by atoms with van der Waals surface area (Å²) in [6.45, 7) is 0.528. The first-order valence-electron chi connectivity index (χ1n) is 4.56. The van der Waals surface area contributed by atoms with Crippen molar-refractivity contribution in [3.05, 3.63) is 29.3 Å². The highest BCUT2D eigenvalue weighted by atomic mass is 35.5. The highest BCUT2D eigenvalue weighted by molar-refractivity contribution is 5.85. The third-order valence-electron chi connectivity index (χ3n) is 2.43. The number of benzene rings is 1. The Kier molecular flexibility index (Phi) is 3.70. The number of nitrogens with two attached hydrogens (primary N) is 1. The third kappa shape index (κ3) is 2.41. The van der Waals surface area contributed by atoms with Crippen LogP contribution in [0.4, 0.5) is 13.2 Å². The molecule has 0 unspecified atom stereocenters. The van der Waals surface area contributed by atoms with E-state index in [1.165, 1.54) is 12.1 Å². The van der Waals surface area contributed by atoms with Gasteiger partial charge in [0.25, 0.3) is 0 Å². The Balaban J connectivity index is 0.00000128. The maximum absolute atomic E-state index is 12.3. The van der Waals surface area contributed by atoms with Crippen molar-refractivity contribution in [3.63, 3.8) is 0 Å². The van der Waals surface area contributed by atoms with E-state index in [1.807, 2.05) is 0 Å². The largest absolute Gasteiger partial charge is 0.493 e. The lowest BCUT2D eigenvalue weighted by Crippen LogP contribution is -2.28. The minimum atomic E-state index is -4.40. The molecule has 1 aromatic rings. The van der Waals surface area contributed by atoms with Crippen molar-refractivity contribution in [2.75, 3.05) is 6.61 Å². The Bertz CT molecular complexity index is 381. The van der Waals surface area contributed by atoms with Gasteiger partial charge in [0.15, 0.2) is 0 Å². The van der Waals surface area contributed by atoms with Gasteiger partial charge in [0.1, 0.15) is 11.8 Å². The van der Waals surface area contributed by atoms with Crippen molar-refractivity contribution in [2.45, 2.75) is 18.6 Å². The van der Waals surface area contributed by atoms with Gasteiger partial charge >= 0.3 is 6.18 Å². The van der Waals surface area contributed by atoms with Crippen LogP contribution in [0.5, 0.6) is 5.75 Å². The zero-order chi connectivity index (χ0) is 11.1. The van der Waals surface area contributed by atoms with Gasteiger partial charge in [-0.05, 0) is 17.2 Å². The molecule has 2 nitrogen and oxygen atoms in total. The van der Waals surface area contributed by atoms with Crippen LogP contribution in [0.1, 0.15) is 17.2 Å². The van der Waals surface area contributed by atoms with E-state index in [-0.39, 0.29) is 18.0 Å². The summed E-state index contributed by atoms with van der Waals surface area (Å²) in [7, 11) is 0. The first kappa shape index (κ1) is 13.1. The fourth-order valence-corrected chi connectivity index (χ4v) is 1.59. The Morgan fingerprint density at radius 1 is 1.31 bits per heavy atom. The lowest BCUT2D eigenvalue weighted by molar-refractivity contribution is -0.149. The van der Waals surface area contributed by atoms with Crippen LogP contribution in [0, 0.1) is 0 Å². The standard InChI is InChI=1S/C10H10F3NO.ClH/c11-10(12,13)9(14)7-1-2-8-6(5-7)3-4-15-8;/h1-2,5,9H,3-4,14H2;1H/t9-;/m1./s1. The van der Waals surface area contributed by atoms with Gasteiger partial charge in [-0.15, -0.1) is 12.4 Å². The van der Waals surface area contributed by atoms with Crippen LogP contribution in [-0.4, -0.2) is 12.8 Å². The number of halogens is 4. The number of hydrogen-bond donors (Lipinski definition) is 1. The molecule has 2 rings (SSSR count). The Labute approximate surface area is 97.0 Å². The van der Waals surface area contributed by atoms with Crippen molar-refractivity contribution in [1.82, 2.24) is 0 Å². The molecular weight excluding hydrogens is 243 g/mol. The second kappa shape index (κ2) is 4.51. The van der Waals surface area contributed by atoms with E-state index >= 15 is 0 Å². The SMILES string of the molecule is Cl.N[C@H](c1ccc2c(c1)CCO2)C(F)(F)F. The summed E-state index contributed by atoms with van der Waals surface area (Å²) in [6, 6.07) is 2.47. The van der Waals surface area contributed by atoms with E-state index in [4.69, 9.17) is 10.5 Å². The molecule has 1 heterocycles. The Hall–Kier alpha value is -0.940. The molecule has 2 N–H and O–H groups in total. The van der Waals surface area contributed by atoms with E-state index in [0.717, 1.165) is 5.56 Å². The average molecular weight is 254 g/mol. The molecule has 1 aliphatic heterocycles. The molecule has 6 heteroatoms. The molecule has 0 aliphatic carbocycles. The van der Waals surface area contributed by atoms with Crippen LogP contribution in [0.15, 0.2) is 18.2 Å². The summed E-state index contributed by atoms with van der Waals surface area (Å²) in [4.78, 5) is 0. The maximum Gasteiger partial charge on any atom is 0.407 e. The molecule has 1 aliphatic rings. The zero-order valence-corrected chi connectivity index (χ0v) is 9.07. The van der Waals surface area contributed by atoms with Crippen molar-refractivity contribution in [3.8, 4) is 5.75 Å². The molecular formula is C10H11ClF3NO. The fraction of sp³-hybridized carbons (Fsp3) is 0.400. The number of rotatable bonds is 1. The molecule has 0 amide bonds. The number of fused-ring (bicyclic) bond motifs is 1. The predicted molar refractivity (Wildman–Crippen MR) is 55.9 cm³/mol. The van der Waals surface area contributed by atoms with Crippen molar-refractivity contribution in [2.24, 2.45) is 5.73 Å². The second-order valence-electron chi connectivity index (χ2n) is 3.48. The minimum Gasteiger partial charge on any atom is -0.493 e. The molecule has 0 spiro atoms. The van der Waals surface area contributed by atoms with Crippen molar-refractivity contribution in [1.29, 1.82) is 0 Å². The molecule has 0 saturated carbocycles. The average Bonchev–Trinajstić information content (AvgIpc) is 2.61. The van der Waals surface area contributed by atoms with Gasteiger partial charge in [0.2, 0.25) is 0 Å². The van der Waals surface area contributed by atoms with Gasteiger partial charge in [-0.3, -0.25) is 0 Å². The molecule has 0 fully saturated rings. The van der Waals surface area contributed by atoms with Crippen molar-refractivity contribution < 1.29 is 17.9 Å². The van der Waals surface area contributed by atoms with Gasteiger partial charge < -0.3 is 10.5 Å². The lowest BCUT2D eigenvalue weighted by atomic mass is 10.0. The van der Waals surface area contributed by atoms with E-state index < -0.39 is 12.2 Å². The summed E-state index contributed by atoms with van der Waals surface area (Å²) in [5.41, 5.74) is 5.99. The highest BCUT2D eigenvalue weighted by Crippen LogP contribution is 2.34. The van der Waals surface area contributed by atoms with Crippen LogP contribution >= 0.6 is 12.4 Å². The third-order valence-corrected chi connectivity index (χ3v) is 2.43. The van der Waals surface area contributed by atoms with Crippen LogP contribution < -0.4 is 10.5 Å². The smallest absolute Gasteiger partial charge is 0.407 e. The van der Waals surface area contributed by atoms with Crippen LogP contribution in [0.3, 0.4) is 0 Å². The van der Waals surface area contributed by atoms with Crippen LogP contribution in [0.25, 0.3) is 0 Å². The van der Waals surface area contributed by atoms with Crippen molar-refractivity contribution >= 4 is 12.4 Å². The van der Waals surface area contributed by atoms with Gasteiger partial charge in [0, 0.05) is 6.42 Å². The fourth-order valence-electron chi connectivity index (χ4n) is 1.59. The normalized spacial score (nSPS) is 16.0. The van der Waals surface area contributed by atoms with E-state index in [2.05, 4.69) is 0 Å². The molecule has 0 radical (unpaired) electrons. The Morgan fingerprint density at radius 3 is 2.62 bits per heavy atom. The number of alkyl halides is 3. The van der Waals surface area contributed by atoms with Gasteiger partial charge in [-0.1, -0.05) is 12.1 Å². The molecule has 0 aromatic heterocycles. The molecule has 1 aromatic carbocycles. The topological polar surface area (TPSA) is 35.2 Å². The first-order chi connectivity index (χ1) is 6.98. The lowest BCUT2D eigenvalue weighted by Gasteiger charge is -2.16. The van der Waals surface area contributed by atoms with E-state index in [9.17, 15) is 13.2 Å². The molecule has 16 heavy (non-hydrogen) atoms. The highest BCUT2D eigenvalue weighted by Gasteiger charge is 2.38. The van der Waals surface area contributed by atoms with Crippen LogP contribution in [-0.2, 0) is 6.42 Å². The van der Waals surface area contributed by atoms with Gasteiger partial charge in [0.05, 0.1) is 6.61 Å². The van der Waals surface area contributed by atoms with Crippen LogP contribution in [0.2, 0.25) is 0 Å². The van der Waals surface area contributed by atoms with Gasteiger partial charge in [-0.2, -0.15) is 13.2 Å².